The molecule has 1 unspecified atom stereocenters. The fourth-order valence-electron chi connectivity index (χ4n) is 2.13. The SMILES string of the molecule is O=C(CCCc1cccs1)NCC1CCCN1. The van der Waals surface area contributed by atoms with E-state index in [1.165, 1.54) is 17.7 Å². The van der Waals surface area contributed by atoms with E-state index in [0.29, 0.717) is 12.5 Å². The van der Waals surface area contributed by atoms with Gasteiger partial charge in [0.15, 0.2) is 0 Å². The second-order valence-corrected chi connectivity index (χ2v) is 5.56. The van der Waals surface area contributed by atoms with E-state index >= 15 is 0 Å². The first-order valence-corrected chi connectivity index (χ1v) is 7.25. The molecule has 2 rings (SSSR count). The molecule has 1 aromatic heterocycles. The van der Waals surface area contributed by atoms with Gasteiger partial charge in [-0.3, -0.25) is 4.79 Å². The molecule has 1 aliphatic rings. The van der Waals surface area contributed by atoms with Crippen LogP contribution in [0.4, 0.5) is 0 Å². The Kier molecular flexibility index (Phi) is 5.01. The zero-order valence-corrected chi connectivity index (χ0v) is 10.9. The molecule has 0 saturated carbocycles. The molecule has 3 nitrogen and oxygen atoms in total. The topological polar surface area (TPSA) is 41.1 Å². The number of nitrogens with one attached hydrogen (secondary N) is 2. The number of amides is 1. The highest BCUT2D eigenvalue weighted by Gasteiger charge is 2.14. The fraction of sp³-hybridized carbons (Fsp3) is 0.615. The molecule has 0 spiro atoms. The van der Waals surface area contributed by atoms with Crippen LogP contribution < -0.4 is 10.6 Å². The average Bonchev–Trinajstić information content (AvgIpc) is 2.99. The van der Waals surface area contributed by atoms with Gasteiger partial charge in [0.05, 0.1) is 0 Å². The summed E-state index contributed by atoms with van der Waals surface area (Å²) in [5, 5.41) is 8.47. The largest absolute Gasteiger partial charge is 0.355 e. The standard InChI is InChI=1S/C13H20N2OS/c16-13(15-10-11-4-2-8-14-11)7-1-5-12-6-3-9-17-12/h3,6,9,11,14H,1-2,4-5,7-8,10H2,(H,15,16). The Morgan fingerprint density at radius 2 is 2.53 bits per heavy atom. The highest BCUT2D eigenvalue weighted by molar-refractivity contribution is 7.09. The first-order chi connectivity index (χ1) is 8.34. The van der Waals surface area contributed by atoms with Gasteiger partial charge in [0.1, 0.15) is 0 Å². The Labute approximate surface area is 107 Å². The number of rotatable bonds is 6. The van der Waals surface area contributed by atoms with Gasteiger partial charge in [-0.1, -0.05) is 6.07 Å². The zero-order chi connectivity index (χ0) is 11.9. The molecule has 1 aromatic rings. The van der Waals surface area contributed by atoms with Crippen LogP contribution >= 0.6 is 11.3 Å². The van der Waals surface area contributed by atoms with E-state index < -0.39 is 0 Å². The molecule has 94 valence electrons. The minimum absolute atomic E-state index is 0.190. The lowest BCUT2D eigenvalue weighted by Gasteiger charge is -2.11. The Balaban J connectivity index is 1.54. The van der Waals surface area contributed by atoms with Crippen molar-refractivity contribution in [2.24, 2.45) is 0 Å². The van der Waals surface area contributed by atoms with Crippen LogP contribution in [0.15, 0.2) is 17.5 Å². The molecule has 2 N–H and O–H groups in total. The summed E-state index contributed by atoms with van der Waals surface area (Å²) < 4.78 is 0. The van der Waals surface area contributed by atoms with Gasteiger partial charge < -0.3 is 10.6 Å². The van der Waals surface area contributed by atoms with E-state index in [0.717, 1.165) is 25.9 Å². The number of carbonyl (C=O) groups excluding carboxylic acids is 1. The Morgan fingerprint density at radius 3 is 3.24 bits per heavy atom. The first kappa shape index (κ1) is 12.6. The lowest BCUT2D eigenvalue weighted by atomic mass is 10.2. The third kappa shape index (κ3) is 4.48. The van der Waals surface area contributed by atoms with Crippen molar-refractivity contribution in [2.45, 2.75) is 38.1 Å². The van der Waals surface area contributed by atoms with Crippen LogP contribution in [0.1, 0.15) is 30.6 Å². The van der Waals surface area contributed by atoms with Crippen molar-refractivity contribution in [1.29, 1.82) is 0 Å². The third-order valence-electron chi connectivity index (χ3n) is 3.12. The van der Waals surface area contributed by atoms with Crippen molar-refractivity contribution in [3.8, 4) is 0 Å². The predicted molar refractivity (Wildman–Crippen MR) is 71.3 cm³/mol. The van der Waals surface area contributed by atoms with E-state index in [1.807, 2.05) is 0 Å². The maximum absolute atomic E-state index is 11.6. The monoisotopic (exact) mass is 252 g/mol. The second-order valence-electron chi connectivity index (χ2n) is 4.53. The van der Waals surface area contributed by atoms with Crippen LogP contribution in [-0.4, -0.2) is 25.0 Å². The molecule has 0 aliphatic carbocycles. The molecule has 1 amide bonds. The number of carbonyl (C=O) groups is 1. The van der Waals surface area contributed by atoms with Crippen molar-refractivity contribution < 1.29 is 4.79 Å². The highest BCUT2D eigenvalue weighted by atomic mass is 32.1. The van der Waals surface area contributed by atoms with Crippen LogP contribution in [0.3, 0.4) is 0 Å². The van der Waals surface area contributed by atoms with E-state index in [9.17, 15) is 4.79 Å². The van der Waals surface area contributed by atoms with Gasteiger partial charge >= 0.3 is 0 Å². The summed E-state index contributed by atoms with van der Waals surface area (Å²) >= 11 is 1.77. The maximum atomic E-state index is 11.6. The van der Waals surface area contributed by atoms with Gasteiger partial charge in [-0.2, -0.15) is 0 Å². The molecule has 0 bridgehead atoms. The van der Waals surface area contributed by atoms with Crippen molar-refractivity contribution in [3.05, 3.63) is 22.4 Å². The molecule has 1 atom stereocenters. The number of aryl methyl sites for hydroxylation is 1. The minimum Gasteiger partial charge on any atom is -0.355 e. The normalized spacial score (nSPS) is 19.4. The summed E-state index contributed by atoms with van der Waals surface area (Å²) in [6.07, 6.45) is 5.04. The molecule has 1 saturated heterocycles. The van der Waals surface area contributed by atoms with Crippen molar-refractivity contribution in [3.63, 3.8) is 0 Å². The highest BCUT2D eigenvalue weighted by Crippen LogP contribution is 2.11. The quantitative estimate of drug-likeness (QED) is 0.812. The maximum Gasteiger partial charge on any atom is 0.220 e. The molecule has 17 heavy (non-hydrogen) atoms. The second kappa shape index (κ2) is 6.77. The third-order valence-corrected chi connectivity index (χ3v) is 4.05. The van der Waals surface area contributed by atoms with Gasteiger partial charge in [0.2, 0.25) is 5.91 Å². The Morgan fingerprint density at radius 1 is 1.59 bits per heavy atom. The Bertz CT molecular complexity index is 331. The molecule has 1 aliphatic heterocycles. The molecule has 4 heteroatoms. The molecule has 1 fully saturated rings. The van der Waals surface area contributed by atoms with Gasteiger partial charge in [-0.05, 0) is 43.7 Å². The van der Waals surface area contributed by atoms with Crippen molar-refractivity contribution in [1.82, 2.24) is 10.6 Å². The van der Waals surface area contributed by atoms with Gasteiger partial charge in [0, 0.05) is 23.9 Å². The van der Waals surface area contributed by atoms with Crippen LogP contribution in [0.2, 0.25) is 0 Å². The van der Waals surface area contributed by atoms with E-state index in [-0.39, 0.29) is 5.91 Å². The molecular weight excluding hydrogens is 232 g/mol. The molecule has 0 radical (unpaired) electrons. The fourth-order valence-corrected chi connectivity index (χ4v) is 2.89. The van der Waals surface area contributed by atoms with Gasteiger partial charge in [-0.25, -0.2) is 0 Å². The summed E-state index contributed by atoms with van der Waals surface area (Å²) in [6, 6.07) is 4.69. The molecular formula is C13H20N2OS. The Hall–Kier alpha value is -0.870. The lowest BCUT2D eigenvalue weighted by Crippen LogP contribution is -2.37. The predicted octanol–water partition coefficient (Wildman–Crippen LogP) is 1.94. The zero-order valence-electron chi connectivity index (χ0n) is 10.1. The number of thiophene rings is 1. The minimum atomic E-state index is 0.190. The summed E-state index contributed by atoms with van der Waals surface area (Å²) in [7, 11) is 0. The van der Waals surface area contributed by atoms with Crippen LogP contribution in [0.5, 0.6) is 0 Å². The summed E-state index contributed by atoms with van der Waals surface area (Å²) in [6.45, 7) is 1.89. The van der Waals surface area contributed by atoms with E-state index in [2.05, 4.69) is 28.1 Å². The number of hydrogen-bond acceptors (Lipinski definition) is 3. The summed E-state index contributed by atoms with van der Waals surface area (Å²) in [5.41, 5.74) is 0. The van der Waals surface area contributed by atoms with E-state index in [4.69, 9.17) is 0 Å². The number of hydrogen-bond donors (Lipinski definition) is 2. The average molecular weight is 252 g/mol. The van der Waals surface area contributed by atoms with Crippen LogP contribution in [0.25, 0.3) is 0 Å². The first-order valence-electron chi connectivity index (χ1n) is 6.37. The van der Waals surface area contributed by atoms with Crippen molar-refractivity contribution in [2.75, 3.05) is 13.1 Å². The molecule has 2 heterocycles. The smallest absolute Gasteiger partial charge is 0.220 e. The van der Waals surface area contributed by atoms with Gasteiger partial charge in [-0.15, -0.1) is 11.3 Å². The summed E-state index contributed by atoms with van der Waals surface area (Å²) in [5.74, 6) is 0.190. The van der Waals surface area contributed by atoms with Crippen LogP contribution in [-0.2, 0) is 11.2 Å². The van der Waals surface area contributed by atoms with Crippen LogP contribution in [0, 0.1) is 0 Å². The van der Waals surface area contributed by atoms with Crippen molar-refractivity contribution >= 4 is 17.2 Å². The van der Waals surface area contributed by atoms with Gasteiger partial charge in [0.25, 0.3) is 0 Å². The molecule has 0 aromatic carbocycles. The van der Waals surface area contributed by atoms with E-state index in [1.54, 1.807) is 11.3 Å². The summed E-state index contributed by atoms with van der Waals surface area (Å²) in [4.78, 5) is 13.0. The lowest BCUT2D eigenvalue weighted by molar-refractivity contribution is -0.121.